The normalized spacial score (nSPS) is 24.2. The Kier molecular flexibility index (Phi) is 13.3. The molecule has 4 aliphatic rings. The third-order valence-electron chi connectivity index (χ3n) is 12.6. The Labute approximate surface area is 386 Å². The Hall–Kier alpha value is -6.56. The van der Waals surface area contributed by atoms with Gasteiger partial charge in [-0.05, 0) is 69.7 Å². The van der Waals surface area contributed by atoms with Gasteiger partial charge < -0.3 is 40.2 Å². The molecule has 348 valence electrons. The maximum absolute atomic E-state index is 14.9. The third kappa shape index (κ3) is 9.55. The van der Waals surface area contributed by atoms with E-state index in [1.165, 1.54) is 16.2 Å². The van der Waals surface area contributed by atoms with Gasteiger partial charge >= 0.3 is 12.1 Å². The zero-order valence-corrected chi connectivity index (χ0v) is 38.4. The average Bonchev–Trinajstić information content (AvgIpc) is 3.51. The van der Waals surface area contributed by atoms with Crippen molar-refractivity contribution in [2.45, 2.75) is 109 Å². The number of pyridine rings is 1. The minimum Gasteiger partial charge on any atom is -0.497 e. The van der Waals surface area contributed by atoms with E-state index in [1.807, 2.05) is 37.4 Å². The number of thiazole rings is 1. The van der Waals surface area contributed by atoms with Gasteiger partial charge in [0.15, 0.2) is 5.13 Å². The molecule has 0 bridgehead atoms. The van der Waals surface area contributed by atoms with Crippen molar-refractivity contribution in [3.05, 3.63) is 77.2 Å². The lowest BCUT2D eigenvalue weighted by Gasteiger charge is -2.30. The van der Waals surface area contributed by atoms with Crippen molar-refractivity contribution in [1.82, 2.24) is 30.4 Å². The van der Waals surface area contributed by atoms with E-state index in [1.54, 1.807) is 63.4 Å². The lowest BCUT2D eigenvalue weighted by Crippen LogP contribution is -2.56. The number of carbonyl (C=O) groups is 6. The molecule has 5 amide bonds. The highest BCUT2D eigenvalue weighted by atomic mass is 32.1. The lowest BCUT2D eigenvalue weighted by atomic mass is 10.0. The van der Waals surface area contributed by atoms with E-state index in [9.17, 15) is 33.9 Å². The summed E-state index contributed by atoms with van der Waals surface area (Å²) in [5.74, 6) is -3.09. The van der Waals surface area contributed by atoms with Crippen molar-refractivity contribution in [3.63, 3.8) is 0 Å². The number of allylic oxidation sites excluding steroid dienone is 1. The van der Waals surface area contributed by atoms with Crippen LogP contribution in [0.3, 0.4) is 0 Å². The van der Waals surface area contributed by atoms with Crippen LogP contribution in [0.4, 0.5) is 9.93 Å². The Bertz CT molecular complexity index is 2540. The van der Waals surface area contributed by atoms with Gasteiger partial charge in [0.25, 0.3) is 11.8 Å². The summed E-state index contributed by atoms with van der Waals surface area (Å²) in [6, 6.07) is 11.5. The van der Waals surface area contributed by atoms with Crippen LogP contribution in [-0.4, -0.2) is 117 Å². The molecule has 5 heterocycles. The van der Waals surface area contributed by atoms with Crippen molar-refractivity contribution >= 4 is 63.1 Å². The van der Waals surface area contributed by atoms with E-state index >= 15 is 0 Å². The summed E-state index contributed by atoms with van der Waals surface area (Å²) in [6.07, 6.45) is 4.27. The average molecular weight is 922 g/mol. The largest absolute Gasteiger partial charge is 0.497 e. The zero-order chi connectivity index (χ0) is 46.9. The topological polar surface area (TPSA) is 219 Å². The second-order valence-corrected chi connectivity index (χ2v) is 18.9. The molecule has 2 fully saturated rings. The molecule has 17 nitrogen and oxygen atoms in total. The van der Waals surface area contributed by atoms with Gasteiger partial charge in [-0.1, -0.05) is 51.0 Å². The second-order valence-electron chi connectivity index (χ2n) is 18.0. The molecule has 8 rings (SSSR count). The van der Waals surface area contributed by atoms with Crippen LogP contribution in [0.1, 0.15) is 93.4 Å². The van der Waals surface area contributed by atoms with Crippen LogP contribution in [0.5, 0.6) is 11.5 Å². The van der Waals surface area contributed by atoms with Crippen LogP contribution in [0, 0.1) is 11.8 Å². The molecule has 1 saturated heterocycles. The molecule has 2 aromatic carbocycles. The van der Waals surface area contributed by atoms with Crippen molar-refractivity contribution in [2.24, 2.45) is 11.8 Å². The number of nitrogens with one attached hydrogen (secondary N) is 3. The number of alkyl carbamates (subject to hydrolysis) is 1. The number of carboxylic acid groups (broad SMARTS) is 1. The van der Waals surface area contributed by atoms with Crippen molar-refractivity contribution in [3.8, 4) is 22.9 Å². The summed E-state index contributed by atoms with van der Waals surface area (Å²) in [4.78, 5) is 94.4. The monoisotopic (exact) mass is 921 g/mol. The maximum Gasteiger partial charge on any atom is 0.408 e. The Morgan fingerprint density at radius 3 is 2.44 bits per heavy atom. The standard InChI is InChI=1S/C48H55N7O10S/c1-26(2)40(24-55-42(57)31-14-11-12-15-32(31)43(55)58)65-47(62)52-34-16-10-8-6-7-9-13-28-22-48(28,45(60)61)53-41(56)38-20-30(23-54(38)44(34)59)64-39-21-36(37-25-66-46(51-37)49-27(3)4)50-35-19-29(63-5)17-18-33(35)39/h9,11-15,17-19,21,25-28,30,34,38,40H,6-8,10,16,20,22-24H2,1-5H3,(H,49,51)(H,52,62)(H,53,56)(H,60,61)/b13-9-/t28?,30-,34+,38+,40-,48-/m1/s1. The van der Waals surface area contributed by atoms with Crippen LogP contribution in [0.25, 0.3) is 22.3 Å². The van der Waals surface area contributed by atoms with Crippen LogP contribution >= 0.6 is 11.3 Å². The van der Waals surface area contributed by atoms with Crippen LogP contribution in [0.2, 0.25) is 0 Å². The highest BCUT2D eigenvalue weighted by molar-refractivity contribution is 7.14. The molecule has 1 unspecified atom stereocenters. The molecule has 4 N–H and O–H groups in total. The zero-order valence-electron chi connectivity index (χ0n) is 37.6. The predicted molar refractivity (Wildman–Crippen MR) is 245 cm³/mol. The first kappa shape index (κ1) is 46.0. The molecule has 1 saturated carbocycles. The molecule has 3 aliphatic heterocycles. The van der Waals surface area contributed by atoms with E-state index < -0.39 is 71.4 Å². The number of amides is 5. The van der Waals surface area contributed by atoms with Gasteiger partial charge in [0.05, 0.1) is 42.5 Å². The number of carbonyl (C=O) groups excluding carboxylic acids is 5. The first-order valence-electron chi connectivity index (χ1n) is 22.5. The first-order chi connectivity index (χ1) is 31.6. The lowest BCUT2D eigenvalue weighted by molar-refractivity contribution is -0.145. The van der Waals surface area contributed by atoms with Crippen LogP contribution < -0.4 is 25.4 Å². The first-order valence-corrected chi connectivity index (χ1v) is 23.4. The molecule has 0 radical (unpaired) electrons. The minimum absolute atomic E-state index is 0.00904. The molecule has 0 spiro atoms. The third-order valence-corrected chi connectivity index (χ3v) is 13.4. The Morgan fingerprint density at radius 2 is 1.74 bits per heavy atom. The molecule has 18 heteroatoms. The molecule has 6 atom stereocenters. The number of methoxy groups -OCH3 is 1. The van der Waals surface area contributed by atoms with Crippen molar-refractivity contribution in [1.29, 1.82) is 0 Å². The van der Waals surface area contributed by atoms with Gasteiger partial charge in [-0.15, -0.1) is 11.3 Å². The summed E-state index contributed by atoms with van der Waals surface area (Å²) < 4.78 is 18.2. The highest BCUT2D eigenvalue weighted by Crippen LogP contribution is 2.46. The van der Waals surface area contributed by atoms with E-state index in [0.29, 0.717) is 53.1 Å². The van der Waals surface area contributed by atoms with E-state index in [4.69, 9.17) is 24.2 Å². The van der Waals surface area contributed by atoms with Gasteiger partial charge in [-0.25, -0.2) is 19.6 Å². The number of aromatic nitrogens is 2. The van der Waals surface area contributed by atoms with E-state index in [0.717, 1.165) is 16.5 Å². The number of hydrogen-bond acceptors (Lipinski definition) is 13. The van der Waals surface area contributed by atoms with E-state index in [-0.39, 0.29) is 55.4 Å². The van der Waals surface area contributed by atoms with Gasteiger partial charge in [0.2, 0.25) is 11.8 Å². The quantitative estimate of drug-likeness (QED) is 0.0891. The Balaban J connectivity index is 1.07. The molecule has 66 heavy (non-hydrogen) atoms. The number of rotatable bonds is 12. The number of aliphatic carboxylic acids is 1. The van der Waals surface area contributed by atoms with Crippen molar-refractivity contribution < 1.29 is 48.1 Å². The maximum atomic E-state index is 14.9. The number of benzene rings is 2. The number of imide groups is 1. The number of hydrogen-bond donors (Lipinski definition) is 4. The predicted octanol–water partition coefficient (Wildman–Crippen LogP) is 6.43. The number of fused-ring (bicyclic) bond motifs is 4. The minimum atomic E-state index is -1.53. The number of carboxylic acids is 1. The summed E-state index contributed by atoms with van der Waals surface area (Å²) in [7, 11) is 1.56. The summed E-state index contributed by atoms with van der Waals surface area (Å²) in [5, 5.41) is 22.5. The molecular weight excluding hydrogens is 867 g/mol. The fourth-order valence-electron chi connectivity index (χ4n) is 8.85. The second kappa shape index (κ2) is 19.1. The van der Waals surface area contributed by atoms with Crippen molar-refractivity contribution in [2.75, 3.05) is 25.5 Å². The summed E-state index contributed by atoms with van der Waals surface area (Å²) in [6.45, 7) is 7.37. The van der Waals surface area contributed by atoms with E-state index in [2.05, 4.69) is 16.0 Å². The molecule has 1 aliphatic carbocycles. The Morgan fingerprint density at radius 1 is 0.985 bits per heavy atom. The fraction of sp³-hybridized carbons (Fsp3) is 0.458. The summed E-state index contributed by atoms with van der Waals surface area (Å²) >= 11 is 1.44. The number of anilines is 1. The van der Waals surface area contributed by atoms with Gasteiger partial charge in [0.1, 0.15) is 47.0 Å². The fourth-order valence-corrected chi connectivity index (χ4v) is 9.70. The SMILES string of the molecule is COc1ccc2c(O[C@@H]3C[C@H]4C(=O)N[C@]5(C(=O)O)CC5/C=C\CCCCC[C@H](NC(=O)O[C@H](CN5C(=O)c6ccccc6C5=O)C(C)C)C(=O)N4C3)cc(-c3csc(NC(C)C)n3)nc2c1. The van der Waals surface area contributed by atoms with Gasteiger partial charge in [-0.3, -0.25) is 24.1 Å². The molecule has 4 aromatic rings. The molecular formula is C48H55N7O10S. The van der Waals surface area contributed by atoms with Crippen LogP contribution in [-0.2, 0) is 19.1 Å². The number of nitrogens with zero attached hydrogens (tertiary/aromatic N) is 4. The van der Waals surface area contributed by atoms with Crippen LogP contribution in [0.15, 0.2) is 66.1 Å². The highest BCUT2D eigenvalue weighted by Gasteiger charge is 2.61. The molecule has 2 aromatic heterocycles. The number of ether oxygens (including phenoxy) is 3. The smallest absolute Gasteiger partial charge is 0.408 e. The van der Waals surface area contributed by atoms with Gasteiger partial charge in [0, 0.05) is 41.3 Å². The van der Waals surface area contributed by atoms with Gasteiger partial charge in [-0.2, -0.15) is 0 Å². The summed E-state index contributed by atoms with van der Waals surface area (Å²) in [5.41, 5.74) is 0.727.